The van der Waals surface area contributed by atoms with Gasteiger partial charge in [0.1, 0.15) is 11.9 Å². The van der Waals surface area contributed by atoms with Gasteiger partial charge < -0.3 is 19.9 Å². The molecule has 1 fully saturated rings. The fraction of sp³-hybridized carbons (Fsp3) is 0.333. The highest BCUT2D eigenvalue weighted by molar-refractivity contribution is 6.04. The van der Waals surface area contributed by atoms with Crippen LogP contribution in [0.2, 0.25) is 0 Å². The maximum Gasteiger partial charge on any atom is 0.303 e. The lowest BCUT2D eigenvalue weighted by molar-refractivity contribution is -0.136. The van der Waals surface area contributed by atoms with Crippen LogP contribution in [0.1, 0.15) is 35.2 Å². The number of anilines is 1. The van der Waals surface area contributed by atoms with Gasteiger partial charge in [0.25, 0.3) is 5.91 Å². The van der Waals surface area contributed by atoms with Crippen LogP contribution in [0.25, 0.3) is 0 Å². The number of ether oxygens (including phenoxy) is 2. The molecule has 27 heavy (non-hydrogen) atoms. The van der Waals surface area contributed by atoms with E-state index in [-0.39, 0.29) is 18.4 Å². The van der Waals surface area contributed by atoms with Crippen molar-refractivity contribution in [3.05, 3.63) is 59.7 Å². The molecule has 6 heteroatoms. The van der Waals surface area contributed by atoms with Crippen molar-refractivity contribution < 1.29 is 24.2 Å². The fourth-order valence-corrected chi connectivity index (χ4v) is 2.88. The molecule has 0 radical (unpaired) electrons. The van der Waals surface area contributed by atoms with Gasteiger partial charge in [0.2, 0.25) is 0 Å². The molecule has 1 saturated heterocycles. The number of carboxylic acids is 1. The molecule has 142 valence electrons. The number of carbonyl (C=O) groups excluding carboxylic acids is 1. The number of carboxylic acid groups (broad SMARTS) is 1. The van der Waals surface area contributed by atoms with E-state index in [0.717, 1.165) is 37.4 Å². The number of hydrogen-bond acceptors (Lipinski definition) is 4. The second-order valence-electron chi connectivity index (χ2n) is 6.50. The summed E-state index contributed by atoms with van der Waals surface area (Å²) < 4.78 is 11.2. The molecule has 2 N–H and O–H groups in total. The third kappa shape index (κ3) is 5.82. The largest absolute Gasteiger partial charge is 0.490 e. The summed E-state index contributed by atoms with van der Waals surface area (Å²) in [7, 11) is 0. The Labute approximate surface area is 158 Å². The zero-order valence-corrected chi connectivity index (χ0v) is 15.0. The highest BCUT2D eigenvalue weighted by Gasteiger charge is 2.15. The van der Waals surface area contributed by atoms with Gasteiger partial charge in [-0.2, -0.15) is 0 Å². The van der Waals surface area contributed by atoms with Crippen LogP contribution in [-0.4, -0.2) is 36.3 Å². The first-order valence-corrected chi connectivity index (χ1v) is 9.07. The minimum atomic E-state index is -0.823. The first-order chi connectivity index (χ1) is 13.1. The quantitative estimate of drug-likeness (QED) is 0.780. The number of hydrogen-bond donors (Lipinski definition) is 2. The smallest absolute Gasteiger partial charge is 0.303 e. The van der Waals surface area contributed by atoms with Gasteiger partial charge in [0.05, 0.1) is 13.2 Å². The Morgan fingerprint density at radius 2 is 1.70 bits per heavy atom. The minimum absolute atomic E-state index is 0.0913. The second-order valence-corrected chi connectivity index (χ2v) is 6.50. The lowest BCUT2D eigenvalue weighted by Crippen LogP contribution is -2.25. The Morgan fingerprint density at radius 1 is 1.04 bits per heavy atom. The van der Waals surface area contributed by atoms with E-state index in [1.165, 1.54) is 0 Å². The average Bonchev–Trinajstić information content (AvgIpc) is 2.69. The topological polar surface area (TPSA) is 84.9 Å². The van der Waals surface area contributed by atoms with Crippen molar-refractivity contribution in [2.24, 2.45) is 0 Å². The van der Waals surface area contributed by atoms with Crippen LogP contribution in [0.15, 0.2) is 48.5 Å². The monoisotopic (exact) mass is 369 g/mol. The molecule has 2 aromatic carbocycles. The Balaban J connectivity index is 1.53. The summed E-state index contributed by atoms with van der Waals surface area (Å²) in [6.45, 7) is 1.44. The molecule has 0 atom stereocenters. The summed E-state index contributed by atoms with van der Waals surface area (Å²) >= 11 is 0. The molecule has 0 spiro atoms. The van der Waals surface area contributed by atoms with Crippen molar-refractivity contribution >= 4 is 17.6 Å². The van der Waals surface area contributed by atoms with E-state index in [0.29, 0.717) is 17.7 Å². The van der Waals surface area contributed by atoms with Crippen LogP contribution < -0.4 is 10.1 Å². The number of nitrogens with one attached hydrogen (secondary N) is 1. The van der Waals surface area contributed by atoms with E-state index in [1.54, 1.807) is 36.4 Å². The molecule has 1 aliphatic rings. The summed E-state index contributed by atoms with van der Waals surface area (Å²) in [4.78, 5) is 23.0. The summed E-state index contributed by atoms with van der Waals surface area (Å²) in [6, 6.07) is 14.3. The maximum atomic E-state index is 12.4. The molecule has 1 heterocycles. The van der Waals surface area contributed by atoms with Crippen molar-refractivity contribution in [1.29, 1.82) is 0 Å². The molecule has 3 rings (SSSR count). The first kappa shape index (κ1) is 18.9. The zero-order valence-electron chi connectivity index (χ0n) is 15.0. The Kier molecular flexibility index (Phi) is 6.44. The van der Waals surface area contributed by atoms with Crippen molar-refractivity contribution in [3.63, 3.8) is 0 Å². The molecule has 0 saturated carbocycles. The van der Waals surface area contributed by atoms with E-state index in [9.17, 15) is 9.59 Å². The fourth-order valence-electron chi connectivity index (χ4n) is 2.88. The lowest BCUT2D eigenvalue weighted by Gasteiger charge is -2.23. The van der Waals surface area contributed by atoms with Crippen LogP contribution in [0.3, 0.4) is 0 Å². The molecule has 0 aromatic heterocycles. The number of carbonyl (C=O) groups is 2. The maximum absolute atomic E-state index is 12.4. The average molecular weight is 369 g/mol. The molecule has 1 amide bonds. The number of benzene rings is 2. The summed E-state index contributed by atoms with van der Waals surface area (Å²) in [5.41, 5.74) is 2.14. The van der Waals surface area contributed by atoms with Gasteiger partial charge in [-0.1, -0.05) is 12.1 Å². The number of aliphatic carboxylic acids is 1. The van der Waals surface area contributed by atoms with E-state index >= 15 is 0 Å². The van der Waals surface area contributed by atoms with Gasteiger partial charge in [-0.25, -0.2) is 0 Å². The van der Waals surface area contributed by atoms with Gasteiger partial charge in [0, 0.05) is 30.5 Å². The number of amides is 1. The van der Waals surface area contributed by atoms with Gasteiger partial charge in [-0.05, 0) is 48.4 Å². The Hall–Kier alpha value is -2.86. The molecule has 1 aliphatic heterocycles. The lowest BCUT2D eigenvalue weighted by atomic mass is 10.1. The van der Waals surface area contributed by atoms with Crippen LogP contribution in [-0.2, 0) is 16.0 Å². The van der Waals surface area contributed by atoms with Crippen molar-refractivity contribution in [3.8, 4) is 5.75 Å². The number of rotatable bonds is 7. The van der Waals surface area contributed by atoms with E-state index in [1.807, 2.05) is 12.1 Å². The second kappa shape index (κ2) is 9.19. The highest BCUT2D eigenvalue weighted by atomic mass is 16.5. The minimum Gasteiger partial charge on any atom is -0.490 e. The van der Waals surface area contributed by atoms with Crippen molar-refractivity contribution in [2.45, 2.75) is 31.8 Å². The van der Waals surface area contributed by atoms with Gasteiger partial charge in [-0.3, -0.25) is 9.59 Å². The van der Waals surface area contributed by atoms with Crippen molar-refractivity contribution in [2.75, 3.05) is 18.5 Å². The molecule has 0 aliphatic carbocycles. The summed E-state index contributed by atoms with van der Waals surface area (Å²) in [5, 5.41) is 11.6. The molecule has 2 aromatic rings. The normalized spacial score (nSPS) is 14.5. The van der Waals surface area contributed by atoms with E-state index in [2.05, 4.69) is 5.32 Å². The van der Waals surface area contributed by atoms with Crippen LogP contribution in [0.4, 0.5) is 5.69 Å². The third-order valence-corrected chi connectivity index (χ3v) is 4.43. The Morgan fingerprint density at radius 3 is 2.33 bits per heavy atom. The third-order valence-electron chi connectivity index (χ3n) is 4.43. The van der Waals surface area contributed by atoms with Gasteiger partial charge in [-0.15, -0.1) is 0 Å². The molecule has 6 nitrogen and oxygen atoms in total. The Bertz CT molecular complexity index is 764. The number of aryl methyl sites for hydroxylation is 1. The molecule has 0 unspecified atom stereocenters. The van der Waals surface area contributed by atoms with Crippen LogP contribution in [0, 0.1) is 0 Å². The zero-order chi connectivity index (χ0) is 19.1. The van der Waals surface area contributed by atoms with E-state index in [4.69, 9.17) is 14.6 Å². The van der Waals surface area contributed by atoms with E-state index < -0.39 is 5.97 Å². The van der Waals surface area contributed by atoms with Gasteiger partial charge >= 0.3 is 5.97 Å². The van der Waals surface area contributed by atoms with Crippen LogP contribution >= 0.6 is 0 Å². The van der Waals surface area contributed by atoms with Crippen molar-refractivity contribution in [1.82, 2.24) is 0 Å². The SMILES string of the molecule is O=C(O)CCc1ccc(NC(=O)c2ccc(OC3CCOCC3)cc2)cc1. The van der Waals surface area contributed by atoms with Gasteiger partial charge in [0.15, 0.2) is 0 Å². The standard InChI is InChI=1S/C21H23NO5/c23-20(24)10-3-15-1-6-17(7-2-15)22-21(25)16-4-8-18(9-5-16)27-19-11-13-26-14-12-19/h1-2,4-9,19H,3,10-14H2,(H,22,25)(H,23,24). The molecular weight excluding hydrogens is 346 g/mol. The predicted octanol–water partition coefficient (Wildman–Crippen LogP) is 3.51. The highest BCUT2D eigenvalue weighted by Crippen LogP contribution is 2.19. The summed E-state index contributed by atoms with van der Waals surface area (Å²) in [6.07, 6.45) is 2.49. The molecule has 0 bridgehead atoms. The summed E-state index contributed by atoms with van der Waals surface area (Å²) in [5.74, 6) is -0.274. The molecular formula is C21H23NO5. The first-order valence-electron chi connectivity index (χ1n) is 9.07. The van der Waals surface area contributed by atoms with Crippen LogP contribution in [0.5, 0.6) is 5.75 Å². The predicted molar refractivity (Wildman–Crippen MR) is 101 cm³/mol.